The number of methoxy groups -OCH3 is 2. The van der Waals surface area contributed by atoms with Gasteiger partial charge in [-0.2, -0.15) is 0 Å². The van der Waals surface area contributed by atoms with Crippen LogP contribution >= 0.6 is 0 Å². The lowest BCUT2D eigenvalue weighted by Gasteiger charge is -2.24. The minimum absolute atomic E-state index is 0.0376. The lowest BCUT2D eigenvalue weighted by Crippen LogP contribution is -2.47. The molecule has 1 rings (SSSR count). The first-order valence-electron chi connectivity index (χ1n) is 9.14. The monoisotopic (exact) mass is 407 g/mol. The van der Waals surface area contributed by atoms with E-state index in [1.165, 1.54) is 32.4 Å². The van der Waals surface area contributed by atoms with Crippen LogP contribution in [0.1, 0.15) is 48.4 Å². The molecule has 0 aliphatic carbocycles. The molecule has 0 aliphatic heterocycles. The van der Waals surface area contributed by atoms with Crippen molar-refractivity contribution >= 4 is 29.4 Å². The molecule has 0 radical (unpaired) electrons. The molecule has 0 aromatic heterocycles. The van der Waals surface area contributed by atoms with Crippen LogP contribution in [0.25, 0.3) is 0 Å². The van der Waals surface area contributed by atoms with E-state index in [1.54, 1.807) is 4.90 Å². The van der Waals surface area contributed by atoms with Crippen molar-refractivity contribution in [3.05, 3.63) is 29.3 Å². The van der Waals surface area contributed by atoms with Crippen LogP contribution in [0.15, 0.2) is 18.2 Å². The maximum Gasteiger partial charge on any atom is 0.337 e. The maximum atomic E-state index is 12.4. The molecular formula is C20H29N3O6. The summed E-state index contributed by atoms with van der Waals surface area (Å²) in [7, 11) is 2.43. The van der Waals surface area contributed by atoms with E-state index in [0.29, 0.717) is 6.54 Å². The second kappa shape index (κ2) is 10.6. The SMILES string of the molecule is CCN(CC(=O)Nc1cc(C(=O)OC)cc(C(=O)OC)c1)CC(=O)NC(C)(C)C. The van der Waals surface area contributed by atoms with Gasteiger partial charge in [-0.1, -0.05) is 6.92 Å². The number of amides is 2. The predicted octanol–water partition coefficient (Wildman–Crippen LogP) is 1.43. The predicted molar refractivity (Wildman–Crippen MR) is 108 cm³/mol. The molecule has 1 aromatic rings. The zero-order chi connectivity index (χ0) is 22.2. The van der Waals surface area contributed by atoms with Gasteiger partial charge in [0, 0.05) is 11.2 Å². The number of nitrogens with one attached hydrogen (secondary N) is 2. The summed E-state index contributed by atoms with van der Waals surface area (Å²) in [4.78, 5) is 49.9. The van der Waals surface area contributed by atoms with E-state index in [9.17, 15) is 19.2 Å². The van der Waals surface area contributed by atoms with Gasteiger partial charge < -0.3 is 20.1 Å². The third kappa shape index (κ3) is 8.30. The summed E-state index contributed by atoms with van der Waals surface area (Å²) in [5.41, 5.74) is 0.0795. The highest BCUT2D eigenvalue weighted by Crippen LogP contribution is 2.17. The van der Waals surface area contributed by atoms with E-state index in [-0.39, 0.29) is 41.3 Å². The molecule has 2 amide bonds. The Bertz CT molecular complexity index is 736. The molecule has 0 fully saturated rings. The number of carbonyl (C=O) groups is 4. The fourth-order valence-electron chi connectivity index (χ4n) is 2.52. The number of anilines is 1. The molecule has 0 saturated carbocycles. The molecular weight excluding hydrogens is 378 g/mol. The Labute approximate surface area is 170 Å². The van der Waals surface area contributed by atoms with Gasteiger partial charge in [0.05, 0.1) is 38.4 Å². The van der Waals surface area contributed by atoms with Gasteiger partial charge in [0.15, 0.2) is 0 Å². The van der Waals surface area contributed by atoms with E-state index in [0.717, 1.165) is 0 Å². The smallest absolute Gasteiger partial charge is 0.337 e. The Kier molecular flexibility index (Phi) is 8.78. The Hall–Kier alpha value is -2.94. The van der Waals surface area contributed by atoms with Crippen molar-refractivity contribution < 1.29 is 28.7 Å². The van der Waals surface area contributed by atoms with Gasteiger partial charge in [-0.25, -0.2) is 9.59 Å². The second-order valence-corrected chi connectivity index (χ2v) is 7.43. The summed E-state index contributed by atoms with van der Waals surface area (Å²) < 4.78 is 9.35. The molecule has 0 atom stereocenters. The van der Waals surface area contributed by atoms with Crippen molar-refractivity contribution in [2.24, 2.45) is 0 Å². The van der Waals surface area contributed by atoms with Gasteiger partial charge in [0.1, 0.15) is 0 Å². The van der Waals surface area contributed by atoms with Crippen LogP contribution in [0.3, 0.4) is 0 Å². The Balaban J connectivity index is 2.89. The molecule has 29 heavy (non-hydrogen) atoms. The summed E-state index contributed by atoms with van der Waals surface area (Å²) in [6.45, 7) is 7.98. The Morgan fingerprint density at radius 1 is 0.897 bits per heavy atom. The van der Waals surface area contributed by atoms with E-state index in [1.807, 2.05) is 27.7 Å². The number of carbonyl (C=O) groups excluding carboxylic acids is 4. The molecule has 1 aromatic carbocycles. The van der Waals surface area contributed by atoms with Crippen molar-refractivity contribution in [1.82, 2.24) is 10.2 Å². The maximum absolute atomic E-state index is 12.4. The average molecular weight is 407 g/mol. The van der Waals surface area contributed by atoms with E-state index in [2.05, 4.69) is 20.1 Å². The zero-order valence-corrected chi connectivity index (χ0v) is 17.8. The topological polar surface area (TPSA) is 114 Å². The standard InChI is InChI=1S/C20H29N3O6/c1-7-23(12-17(25)22-20(2,3)4)11-16(24)21-15-9-13(18(26)28-5)8-14(10-15)19(27)29-6/h8-10H,7,11-12H2,1-6H3,(H,21,24)(H,22,25). The number of hydrogen-bond acceptors (Lipinski definition) is 7. The number of rotatable bonds is 8. The molecule has 0 saturated heterocycles. The average Bonchev–Trinajstić information content (AvgIpc) is 2.64. The van der Waals surface area contributed by atoms with Crippen molar-refractivity contribution in [2.75, 3.05) is 39.2 Å². The van der Waals surface area contributed by atoms with Crippen LogP contribution in [0, 0.1) is 0 Å². The highest BCUT2D eigenvalue weighted by Gasteiger charge is 2.19. The van der Waals surface area contributed by atoms with Crippen LogP contribution in [-0.4, -0.2) is 68.0 Å². The van der Waals surface area contributed by atoms with E-state index in [4.69, 9.17) is 0 Å². The largest absolute Gasteiger partial charge is 0.465 e. The van der Waals surface area contributed by atoms with Gasteiger partial charge >= 0.3 is 11.9 Å². The van der Waals surface area contributed by atoms with Gasteiger partial charge in [0.25, 0.3) is 0 Å². The first kappa shape index (κ1) is 24.1. The highest BCUT2D eigenvalue weighted by atomic mass is 16.5. The summed E-state index contributed by atoms with van der Waals surface area (Å²) in [6.07, 6.45) is 0. The lowest BCUT2D eigenvalue weighted by molar-refractivity contribution is -0.124. The zero-order valence-electron chi connectivity index (χ0n) is 17.8. The molecule has 0 heterocycles. The van der Waals surface area contributed by atoms with Gasteiger partial charge in [-0.3, -0.25) is 14.5 Å². The fourth-order valence-corrected chi connectivity index (χ4v) is 2.52. The van der Waals surface area contributed by atoms with Crippen molar-refractivity contribution in [3.8, 4) is 0 Å². The highest BCUT2D eigenvalue weighted by molar-refractivity contribution is 6.00. The van der Waals surface area contributed by atoms with Crippen LogP contribution in [0.4, 0.5) is 5.69 Å². The molecule has 9 nitrogen and oxygen atoms in total. The Morgan fingerprint density at radius 2 is 1.38 bits per heavy atom. The van der Waals surface area contributed by atoms with Crippen molar-refractivity contribution in [2.45, 2.75) is 33.2 Å². The molecule has 0 bridgehead atoms. The number of nitrogens with zero attached hydrogens (tertiary/aromatic N) is 1. The van der Waals surface area contributed by atoms with Crippen LogP contribution in [0.5, 0.6) is 0 Å². The summed E-state index contributed by atoms with van der Waals surface area (Å²) in [6, 6.07) is 4.13. The molecule has 0 aliphatic rings. The number of benzene rings is 1. The first-order chi connectivity index (χ1) is 13.5. The second-order valence-electron chi connectivity index (χ2n) is 7.43. The lowest BCUT2D eigenvalue weighted by atomic mass is 10.1. The summed E-state index contributed by atoms with van der Waals surface area (Å²) in [5, 5.41) is 5.48. The van der Waals surface area contributed by atoms with Gasteiger partial charge in [0.2, 0.25) is 11.8 Å². The minimum atomic E-state index is -0.653. The van der Waals surface area contributed by atoms with Gasteiger partial charge in [-0.05, 0) is 45.5 Å². The fraction of sp³-hybridized carbons (Fsp3) is 0.500. The molecule has 0 unspecified atom stereocenters. The van der Waals surface area contributed by atoms with E-state index < -0.39 is 17.8 Å². The quantitative estimate of drug-likeness (QED) is 0.627. The number of hydrogen-bond donors (Lipinski definition) is 2. The molecule has 0 spiro atoms. The first-order valence-corrected chi connectivity index (χ1v) is 9.14. The van der Waals surface area contributed by atoms with Crippen molar-refractivity contribution in [1.29, 1.82) is 0 Å². The molecule has 9 heteroatoms. The minimum Gasteiger partial charge on any atom is -0.465 e. The summed E-state index contributed by atoms with van der Waals surface area (Å²) >= 11 is 0. The summed E-state index contributed by atoms with van der Waals surface area (Å²) in [5.74, 6) is -1.89. The number of likely N-dealkylation sites (N-methyl/N-ethyl adjacent to an activating group) is 1. The number of esters is 2. The number of ether oxygens (including phenoxy) is 2. The van der Waals surface area contributed by atoms with Gasteiger partial charge in [-0.15, -0.1) is 0 Å². The van der Waals surface area contributed by atoms with Crippen LogP contribution in [0.2, 0.25) is 0 Å². The van der Waals surface area contributed by atoms with Crippen molar-refractivity contribution in [3.63, 3.8) is 0 Å². The molecule has 160 valence electrons. The Morgan fingerprint density at radius 3 is 1.79 bits per heavy atom. The van der Waals surface area contributed by atoms with Crippen LogP contribution in [-0.2, 0) is 19.1 Å². The third-order valence-corrected chi connectivity index (χ3v) is 3.76. The van der Waals surface area contributed by atoms with E-state index >= 15 is 0 Å². The normalized spacial score (nSPS) is 11.0. The molecule has 2 N–H and O–H groups in total. The third-order valence-electron chi connectivity index (χ3n) is 3.76. The van der Waals surface area contributed by atoms with Crippen LogP contribution < -0.4 is 10.6 Å².